The van der Waals surface area contributed by atoms with Gasteiger partial charge in [0.15, 0.2) is 0 Å². The molecule has 3 aromatic rings. The maximum Gasteiger partial charge on any atom is 0.343 e. The molecule has 0 unspecified atom stereocenters. The molecule has 0 aliphatic rings. The highest BCUT2D eigenvalue weighted by Gasteiger charge is 2.17. The number of fused-ring (bicyclic) bond motifs is 1. The fourth-order valence-corrected chi connectivity index (χ4v) is 2.66. The molecule has 25 heavy (non-hydrogen) atoms. The summed E-state index contributed by atoms with van der Waals surface area (Å²) in [7, 11) is 0. The summed E-state index contributed by atoms with van der Waals surface area (Å²) < 4.78 is 34.0. The van der Waals surface area contributed by atoms with Gasteiger partial charge in [-0.2, -0.15) is 0 Å². The van der Waals surface area contributed by atoms with Crippen LogP contribution in [0.5, 0.6) is 0 Å². The lowest BCUT2D eigenvalue weighted by Gasteiger charge is -2.14. The minimum Gasteiger partial charge on any atom is -0.462 e. The molecule has 3 rings (SSSR count). The summed E-state index contributed by atoms with van der Waals surface area (Å²) in [6, 6.07) is 9.90. The van der Waals surface area contributed by atoms with Crippen LogP contribution in [0.1, 0.15) is 22.8 Å². The highest BCUT2D eigenvalue weighted by atomic mass is 19.1. The van der Waals surface area contributed by atoms with Gasteiger partial charge >= 0.3 is 5.97 Å². The summed E-state index contributed by atoms with van der Waals surface area (Å²) >= 11 is 0. The lowest BCUT2D eigenvalue weighted by atomic mass is 10.1. The van der Waals surface area contributed by atoms with Crippen molar-refractivity contribution in [1.29, 1.82) is 0 Å². The predicted octanol–water partition coefficient (Wildman–Crippen LogP) is 3.50. The number of aromatic nitrogens is 1. The molecule has 4 nitrogen and oxygen atoms in total. The number of hydrogen-bond acceptors (Lipinski definition) is 3. The first kappa shape index (κ1) is 16.8. The molecule has 0 bridgehead atoms. The third kappa shape index (κ3) is 3.28. The topological polar surface area (TPSA) is 48.3 Å². The second-order valence-corrected chi connectivity index (χ2v) is 5.47. The van der Waals surface area contributed by atoms with E-state index in [0.717, 1.165) is 6.07 Å². The Morgan fingerprint density at radius 2 is 1.92 bits per heavy atom. The molecule has 0 radical (unpaired) electrons. The molecule has 0 fully saturated rings. The summed E-state index contributed by atoms with van der Waals surface area (Å²) in [5, 5.41) is 0.0434. The van der Waals surface area contributed by atoms with Crippen molar-refractivity contribution in [2.45, 2.75) is 13.5 Å². The van der Waals surface area contributed by atoms with Gasteiger partial charge < -0.3 is 9.30 Å². The van der Waals surface area contributed by atoms with Crippen LogP contribution in [0.2, 0.25) is 0 Å². The average Bonchev–Trinajstić information content (AvgIpc) is 2.59. The van der Waals surface area contributed by atoms with Crippen molar-refractivity contribution in [3.8, 4) is 0 Å². The van der Waals surface area contributed by atoms with Crippen LogP contribution >= 0.6 is 0 Å². The van der Waals surface area contributed by atoms with Crippen molar-refractivity contribution < 1.29 is 18.3 Å². The number of rotatable bonds is 4. The van der Waals surface area contributed by atoms with Gasteiger partial charge in [-0.1, -0.05) is 18.2 Å². The Balaban J connectivity index is 2.23. The number of ether oxygens (including phenoxy) is 1. The first-order chi connectivity index (χ1) is 12.0. The van der Waals surface area contributed by atoms with E-state index in [1.54, 1.807) is 29.7 Å². The van der Waals surface area contributed by atoms with E-state index < -0.39 is 23.0 Å². The summed E-state index contributed by atoms with van der Waals surface area (Å²) in [6.07, 6.45) is 1.33. The van der Waals surface area contributed by atoms with Gasteiger partial charge in [0.2, 0.25) is 5.43 Å². The zero-order valence-corrected chi connectivity index (χ0v) is 13.5. The third-order valence-corrected chi connectivity index (χ3v) is 3.84. The summed E-state index contributed by atoms with van der Waals surface area (Å²) in [5.74, 6) is -1.79. The van der Waals surface area contributed by atoms with Gasteiger partial charge in [-0.15, -0.1) is 0 Å². The third-order valence-electron chi connectivity index (χ3n) is 3.84. The van der Waals surface area contributed by atoms with Crippen molar-refractivity contribution in [3.63, 3.8) is 0 Å². The fraction of sp³-hybridized carbons (Fsp3) is 0.158. The summed E-state index contributed by atoms with van der Waals surface area (Å²) in [5.41, 5.74) is -0.0386. The number of carbonyl (C=O) groups is 1. The predicted molar refractivity (Wildman–Crippen MR) is 89.6 cm³/mol. The number of nitrogens with zero attached hydrogens (tertiary/aromatic N) is 1. The Labute approximate surface area is 142 Å². The standard InChI is InChI=1S/C19H15F2NO3/c1-2-25-19(24)15-11-22(10-12-5-3-4-6-16(12)21)17-8-7-13(20)9-14(17)18(15)23/h3-9,11H,2,10H2,1H3. The molecule has 128 valence electrons. The number of carbonyl (C=O) groups excluding carboxylic acids is 1. The quantitative estimate of drug-likeness (QED) is 0.681. The lowest BCUT2D eigenvalue weighted by Crippen LogP contribution is -2.21. The molecular formula is C19H15F2NO3. The summed E-state index contributed by atoms with van der Waals surface area (Å²) in [6.45, 7) is 1.81. The van der Waals surface area contributed by atoms with Crippen LogP contribution in [-0.4, -0.2) is 17.1 Å². The van der Waals surface area contributed by atoms with Crippen LogP contribution < -0.4 is 5.43 Å². The van der Waals surface area contributed by atoms with Gasteiger partial charge in [0.1, 0.15) is 17.2 Å². The largest absolute Gasteiger partial charge is 0.462 e. The minimum absolute atomic E-state index is 0.0434. The van der Waals surface area contributed by atoms with Gasteiger partial charge in [0.05, 0.1) is 18.7 Å². The van der Waals surface area contributed by atoms with Crippen molar-refractivity contribution in [2.75, 3.05) is 6.61 Å². The van der Waals surface area contributed by atoms with E-state index in [9.17, 15) is 18.4 Å². The van der Waals surface area contributed by atoms with Gasteiger partial charge in [-0.05, 0) is 31.2 Å². The molecule has 0 spiro atoms. The maximum absolute atomic E-state index is 14.0. The number of benzene rings is 2. The normalized spacial score (nSPS) is 10.8. The Bertz CT molecular complexity index is 1010. The summed E-state index contributed by atoms with van der Waals surface area (Å²) in [4.78, 5) is 24.6. The highest BCUT2D eigenvalue weighted by Crippen LogP contribution is 2.17. The van der Waals surface area contributed by atoms with Crippen LogP contribution in [0, 0.1) is 11.6 Å². The molecular weight excluding hydrogens is 328 g/mol. The first-order valence-electron chi connectivity index (χ1n) is 7.74. The first-order valence-corrected chi connectivity index (χ1v) is 7.74. The van der Waals surface area contributed by atoms with Crippen LogP contribution in [0.25, 0.3) is 10.9 Å². The van der Waals surface area contributed by atoms with Gasteiger partial charge in [-0.3, -0.25) is 4.79 Å². The molecule has 1 aromatic heterocycles. The number of hydrogen-bond donors (Lipinski definition) is 0. The van der Waals surface area contributed by atoms with Crippen molar-refractivity contribution in [1.82, 2.24) is 4.57 Å². The molecule has 1 heterocycles. The van der Waals surface area contributed by atoms with Crippen molar-refractivity contribution in [3.05, 3.63) is 81.6 Å². The van der Waals surface area contributed by atoms with Gasteiger partial charge in [-0.25, -0.2) is 13.6 Å². The number of esters is 1. The van der Waals surface area contributed by atoms with Gasteiger partial charge in [0, 0.05) is 17.1 Å². The molecule has 0 N–H and O–H groups in total. The molecule has 0 aliphatic carbocycles. The maximum atomic E-state index is 14.0. The number of halogens is 2. The van der Waals surface area contributed by atoms with E-state index in [0.29, 0.717) is 11.1 Å². The van der Waals surface area contributed by atoms with E-state index in [4.69, 9.17) is 4.74 Å². The van der Waals surface area contributed by atoms with Crippen LogP contribution in [-0.2, 0) is 11.3 Å². The molecule has 0 atom stereocenters. The molecule has 6 heteroatoms. The zero-order valence-electron chi connectivity index (χ0n) is 13.5. The van der Waals surface area contributed by atoms with E-state index in [-0.39, 0.29) is 24.1 Å². The average molecular weight is 343 g/mol. The molecule has 0 aliphatic heterocycles. The van der Waals surface area contributed by atoms with Crippen LogP contribution in [0.3, 0.4) is 0 Å². The van der Waals surface area contributed by atoms with Crippen LogP contribution in [0.15, 0.2) is 53.5 Å². The van der Waals surface area contributed by atoms with Gasteiger partial charge in [0.25, 0.3) is 0 Å². The molecule has 0 saturated carbocycles. The zero-order chi connectivity index (χ0) is 18.0. The van der Waals surface area contributed by atoms with Crippen molar-refractivity contribution >= 4 is 16.9 Å². The van der Waals surface area contributed by atoms with Crippen LogP contribution in [0.4, 0.5) is 8.78 Å². The Morgan fingerprint density at radius 1 is 1.16 bits per heavy atom. The highest BCUT2D eigenvalue weighted by molar-refractivity contribution is 5.93. The lowest BCUT2D eigenvalue weighted by molar-refractivity contribution is 0.0524. The van der Waals surface area contributed by atoms with E-state index in [1.165, 1.54) is 24.4 Å². The SMILES string of the molecule is CCOC(=O)c1cn(Cc2ccccc2F)c2ccc(F)cc2c1=O. The number of pyridine rings is 1. The second-order valence-electron chi connectivity index (χ2n) is 5.47. The molecule has 0 amide bonds. The van der Waals surface area contributed by atoms with E-state index in [1.807, 2.05) is 0 Å². The van der Waals surface area contributed by atoms with E-state index in [2.05, 4.69) is 0 Å². The Hall–Kier alpha value is -3.02. The smallest absolute Gasteiger partial charge is 0.343 e. The van der Waals surface area contributed by atoms with E-state index >= 15 is 0 Å². The monoisotopic (exact) mass is 343 g/mol. The molecule has 2 aromatic carbocycles. The van der Waals surface area contributed by atoms with Crippen molar-refractivity contribution in [2.24, 2.45) is 0 Å². The Kier molecular flexibility index (Phi) is 4.61. The fourth-order valence-electron chi connectivity index (χ4n) is 2.66. The minimum atomic E-state index is -0.791. The second kappa shape index (κ2) is 6.84. The molecule has 0 saturated heterocycles. The Morgan fingerprint density at radius 3 is 2.64 bits per heavy atom.